The van der Waals surface area contributed by atoms with Gasteiger partial charge < -0.3 is 0 Å². The van der Waals surface area contributed by atoms with Gasteiger partial charge in [0.1, 0.15) is 0 Å². The second-order valence-electron chi connectivity index (χ2n) is 5.72. The average Bonchev–Trinajstić information content (AvgIpc) is 2.61. The van der Waals surface area contributed by atoms with Gasteiger partial charge in [-0.2, -0.15) is 0 Å². The van der Waals surface area contributed by atoms with Crippen LogP contribution in [0.3, 0.4) is 0 Å². The molecule has 0 spiro atoms. The number of nitrogens with zero attached hydrogens (tertiary/aromatic N) is 1. The smallest absolute Gasteiger partial charge is 0.211 e. The molecule has 3 rings (SSSR count). The maximum Gasteiger partial charge on any atom is 0.211 e. The van der Waals surface area contributed by atoms with Gasteiger partial charge in [0, 0.05) is 18.1 Å². The molecule has 5 heteroatoms. The van der Waals surface area contributed by atoms with E-state index >= 15 is 0 Å². The summed E-state index contributed by atoms with van der Waals surface area (Å²) in [4.78, 5) is 4.29. The number of aromatic nitrogens is 1. The number of rotatable bonds is 7. The molecule has 0 fully saturated rings. The Kier molecular flexibility index (Phi) is 5.23. The quantitative estimate of drug-likeness (QED) is 0.718. The van der Waals surface area contributed by atoms with Gasteiger partial charge in [-0.25, -0.2) is 13.1 Å². The molecular weight excluding hydrogens is 320 g/mol. The van der Waals surface area contributed by atoms with Crippen molar-refractivity contribution < 1.29 is 8.42 Å². The van der Waals surface area contributed by atoms with Crippen molar-refractivity contribution in [1.29, 1.82) is 0 Å². The van der Waals surface area contributed by atoms with Crippen LogP contribution in [-0.4, -0.2) is 19.2 Å². The lowest BCUT2D eigenvalue weighted by Gasteiger charge is -2.09. The van der Waals surface area contributed by atoms with Crippen molar-refractivity contribution in [3.05, 3.63) is 78.0 Å². The molecule has 0 aliphatic heterocycles. The molecule has 24 heavy (non-hydrogen) atoms. The zero-order valence-corrected chi connectivity index (χ0v) is 14.2. The molecule has 1 aromatic heterocycles. The molecule has 124 valence electrons. The monoisotopic (exact) mass is 340 g/mol. The molecule has 4 nitrogen and oxygen atoms in total. The van der Waals surface area contributed by atoms with Crippen molar-refractivity contribution >= 4 is 20.9 Å². The number of hydrogen-bond acceptors (Lipinski definition) is 3. The van der Waals surface area contributed by atoms with Gasteiger partial charge in [0.15, 0.2) is 0 Å². The fourth-order valence-corrected chi connectivity index (χ4v) is 3.72. The molecule has 0 saturated carbocycles. The summed E-state index contributed by atoms with van der Waals surface area (Å²) in [6, 6.07) is 19.5. The van der Waals surface area contributed by atoms with Crippen LogP contribution in [0.25, 0.3) is 10.9 Å². The third-order valence-electron chi connectivity index (χ3n) is 3.94. The van der Waals surface area contributed by atoms with E-state index in [2.05, 4.69) is 9.71 Å². The molecule has 1 N–H and O–H groups in total. The zero-order chi connectivity index (χ0) is 16.8. The van der Waals surface area contributed by atoms with Gasteiger partial charge in [-0.05, 0) is 36.1 Å². The van der Waals surface area contributed by atoms with Crippen molar-refractivity contribution in [1.82, 2.24) is 9.71 Å². The van der Waals surface area contributed by atoms with Crippen LogP contribution >= 0.6 is 0 Å². The minimum Gasteiger partial charge on any atom is -0.256 e. The van der Waals surface area contributed by atoms with Crippen LogP contribution in [0.2, 0.25) is 0 Å². The fraction of sp³-hybridized carbons (Fsp3) is 0.211. The molecule has 0 aliphatic carbocycles. The summed E-state index contributed by atoms with van der Waals surface area (Å²) in [6.45, 7) is 0.288. The van der Waals surface area contributed by atoms with Crippen LogP contribution in [0, 0.1) is 0 Å². The predicted molar refractivity (Wildman–Crippen MR) is 97.1 cm³/mol. The molecular formula is C19H20N2O2S. The van der Waals surface area contributed by atoms with E-state index in [1.165, 1.54) is 0 Å². The van der Waals surface area contributed by atoms with E-state index in [1.807, 2.05) is 60.7 Å². The average molecular weight is 340 g/mol. The Bertz CT molecular complexity index is 904. The first kappa shape index (κ1) is 16.6. The Labute approximate surface area is 142 Å². The summed E-state index contributed by atoms with van der Waals surface area (Å²) in [7, 11) is -3.29. The highest BCUT2D eigenvalue weighted by Crippen LogP contribution is 2.16. The highest BCUT2D eigenvalue weighted by molar-refractivity contribution is 7.89. The molecule has 0 atom stereocenters. The van der Waals surface area contributed by atoms with Gasteiger partial charge in [0.2, 0.25) is 10.0 Å². The van der Waals surface area contributed by atoms with Crippen LogP contribution in [-0.2, 0) is 23.0 Å². The molecule has 0 amide bonds. The van der Waals surface area contributed by atoms with Gasteiger partial charge in [0.05, 0.1) is 11.3 Å². The van der Waals surface area contributed by atoms with Crippen LogP contribution < -0.4 is 4.72 Å². The zero-order valence-electron chi connectivity index (χ0n) is 13.4. The van der Waals surface area contributed by atoms with Crippen molar-refractivity contribution in [2.45, 2.75) is 19.4 Å². The van der Waals surface area contributed by atoms with Crippen molar-refractivity contribution in [3.63, 3.8) is 0 Å². The maximum atomic E-state index is 12.2. The van der Waals surface area contributed by atoms with Crippen LogP contribution in [0.4, 0.5) is 0 Å². The first-order chi connectivity index (χ1) is 11.6. The van der Waals surface area contributed by atoms with Gasteiger partial charge in [0.25, 0.3) is 0 Å². The Hall–Kier alpha value is -2.24. The van der Waals surface area contributed by atoms with Crippen molar-refractivity contribution in [3.8, 4) is 0 Å². The van der Waals surface area contributed by atoms with E-state index in [-0.39, 0.29) is 12.3 Å². The van der Waals surface area contributed by atoms with Gasteiger partial charge in [-0.15, -0.1) is 0 Å². The number of aryl methyl sites for hydroxylation is 1. The standard InChI is InChI=1S/C19H20N2O2S/c22-24(23,14-6-9-16-7-2-1-3-8-16)21-15-17-12-13-20-19-11-5-4-10-18(17)19/h1-5,7-8,10-13,21H,6,9,14-15H2. The highest BCUT2D eigenvalue weighted by atomic mass is 32.2. The summed E-state index contributed by atoms with van der Waals surface area (Å²) in [6.07, 6.45) is 3.08. The first-order valence-electron chi connectivity index (χ1n) is 7.98. The number of fused-ring (bicyclic) bond motifs is 1. The van der Waals surface area contributed by atoms with E-state index in [9.17, 15) is 8.42 Å². The summed E-state index contributed by atoms with van der Waals surface area (Å²) in [5.41, 5.74) is 2.97. The first-order valence-corrected chi connectivity index (χ1v) is 9.63. The van der Waals surface area contributed by atoms with Crippen molar-refractivity contribution in [2.75, 3.05) is 5.75 Å². The van der Waals surface area contributed by atoms with Crippen LogP contribution in [0.15, 0.2) is 66.9 Å². The van der Waals surface area contributed by atoms with E-state index in [4.69, 9.17) is 0 Å². The lowest BCUT2D eigenvalue weighted by Crippen LogP contribution is -2.26. The van der Waals surface area contributed by atoms with E-state index < -0.39 is 10.0 Å². The van der Waals surface area contributed by atoms with E-state index in [0.717, 1.165) is 28.5 Å². The SMILES string of the molecule is O=S(=O)(CCCc1ccccc1)NCc1ccnc2ccccc12. The Morgan fingerprint density at radius 1 is 0.917 bits per heavy atom. The van der Waals surface area contributed by atoms with Crippen molar-refractivity contribution in [2.24, 2.45) is 0 Å². The minimum absolute atomic E-state index is 0.130. The second kappa shape index (κ2) is 7.55. The van der Waals surface area contributed by atoms with E-state index in [0.29, 0.717) is 6.42 Å². The van der Waals surface area contributed by atoms with Crippen LogP contribution in [0.5, 0.6) is 0 Å². The van der Waals surface area contributed by atoms with E-state index in [1.54, 1.807) is 6.20 Å². The van der Waals surface area contributed by atoms with Gasteiger partial charge in [-0.1, -0.05) is 48.5 Å². The Morgan fingerprint density at radius 3 is 2.50 bits per heavy atom. The molecule has 3 aromatic rings. The van der Waals surface area contributed by atoms with Gasteiger partial charge in [-0.3, -0.25) is 4.98 Å². The lowest BCUT2D eigenvalue weighted by molar-refractivity contribution is 0.578. The molecule has 0 unspecified atom stereocenters. The largest absolute Gasteiger partial charge is 0.256 e. The maximum absolute atomic E-state index is 12.2. The molecule has 0 saturated heterocycles. The fourth-order valence-electron chi connectivity index (χ4n) is 2.68. The normalized spacial score (nSPS) is 11.7. The summed E-state index contributed by atoms with van der Waals surface area (Å²) in [5.74, 6) is 0.130. The molecule has 0 radical (unpaired) electrons. The number of para-hydroxylation sites is 1. The van der Waals surface area contributed by atoms with Crippen LogP contribution in [0.1, 0.15) is 17.5 Å². The topological polar surface area (TPSA) is 59.1 Å². The Balaban J connectivity index is 1.58. The summed E-state index contributed by atoms with van der Waals surface area (Å²) >= 11 is 0. The lowest BCUT2D eigenvalue weighted by atomic mass is 10.1. The molecule has 0 aliphatic rings. The van der Waals surface area contributed by atoms with Gasteiger partial charge >= 0.3 is 0 Å². The predicted octanol–water partition coefficient (Wildman–Crippen LogP) is 3.29. The number of hydrogen-bond donors (Lipinski definition) is 1. The number of sulfonamides is 1. The molecule has 1 heterocycles. The number of benzene rings is 2. The minimum atomic E-state index is -3.29. The molecule has 2 aromatic carbocycles. The third-order valence-corrected chi connectivity index (χ3v) is 5.35. The number of nitrogens with one attached hydrogen (secondary N) is 1. The second-order valence-corrected chi connectivity index (χ2v) is 7.64. The number of pyridine rings is 1. The Morgan fingerprint density at radius 2 is 1.67 bits per heavy atom. The molecule has 0 bridgehead atoms. The summed E-state index contributed by atoms with van der Waals surface area (Å²) in [5, 5.41) is 0.979. The summed E-state index contributed by atoms with van der Waals surface area (Å²) < 4.78 is 27.1. The highest BCUT2D eigenvalue weighted by Gasteiger charge is 2.11. The third kappa shape index (κ3) is 4.40.